The first-order valence-corrected chi connectivity index (χ1v) is 13.2. The number of sulfonamides is 1. The van der Waals surface area contributed by atoms with Crippen LogP contribution >= 0.6 is 11.6 Å². The van der Waals surface area contributed by atoms with E-state index in [0.29, 0.717) is 23.1 Å². The second-order valence-electron chi connectivity index (χ2n) is 8.68. The third kappa shape index (κ3) is 4.23. The van der Waals surface area contributed by atoms with E-state index in [1.807, 2.05) is 41.8 Å². The first-order valence-electron chi connectivity index (χ1n) is 11.3. The molecule has 2 heterocycles. The molecule has 9 heteroatoms. The molecule has 0 spiro atoms. The van der Waals surface area contributed by atoms with Crippen molar-refractivity contribution in [2.75, 3.05) is 13.1 Å². The van der Waals surface area contributed by atoms with Gasteiger partial charge in [-0.1, -0.05) is 41.9 Å². The Balaban J connectivity index is 1.51. The van der Waals surface area contributed by atoms with E-state index >= 15 is 0 Å². The van der Waals surface area contributed by atoms with Gasteiger partial charge in [0, 0.05) is 51.9 Å². The minimum Gasteiger partial charge on any atom is -0.340 e. The average Bonchev–Trinajstić information content (AvgIpc) is 3.12. The van der Waals surface area contributed by atoms with Crippen molar-refractivity contribution in [3.8, 4) is 0 Å². The lowest BCUT2D eigenvalue weighted by molar-refractivity contribution is 0.435. The number of rotatable bonds is 5. The monoisotopic (exact) mass is 530 g/mol. The molecule has 0 saturated heterocycles. The zero-order chi connectivity index (χ0) is 25.6. The van der Waals surface area contributed by atoms with E-state index in [9.17, 15) is 21.6 Å². The normalized spacial score (nSPS) is 14.9. The van der Waals surface area contributed by atoms with Crippen molar-refractivity contribution < 1.29 is 21.6 Å². The number of benzene rings is 3. The molecular weight excluding hydrogens is 509 g/mol. The molecule has 0 saturated carbocycles. The lowest BCUT2D eigenvalue weighted by Gasteiger charge is -2.26. The number of hydrogen-bond donors (Lipinski definition) is 0. The molecule has 0 bridgehead atoms. The highest BCUT2D eigenvalue weighted by atomic mass is 35.5. The molecule has 0 aliphatic carbocycles. The van der Waals surface area contributed by atoms with Crippen molar-refractivity contribution in [3.05, 3.63) is 106 Å². The maximum atomic E-state index is 14.6. The maximum Gasteiger partial charge on any atom is 0.246 e. The van der Waals surface area contributed by atoms with Gasteiger partial charge in [-0.25, -0.2) is 21.6 Å². The molecule has 0 N–H and O–H groups in total. The molecule has 1 aliphatic heterocycles. The van der Waals surface area contributed by atoms with Gasteiger partial charge in [-0.3, -0.25) is 0 Å². The number of aromatic nitrogens is 1. The highest BCUT2D eigenvalue weighted by molar-refractivity contribution is 7.89. The fourth-order valence-electron chi connectivity index (χ4n) is 4.80. The standard InChI is InChI=1S/C27H22ClF3N2O2S/c1-17-27(18-11-13-32(14-12-18)36(34,35)26-10-9-19(29)15-24(26)31)20-5-2-3-8-25(20)33(17)16-21-22(28)6-4-7-23(21)30/h2-11,15H,12-14,16H2,1H3. The minimum atomic E-state index is -4.13. The smallest absolute Gasteiger partial charge is 0.246 e. The number of fused-ring (bicyclic) bond motifs is 1. The van der Waals surface area contributed by atoms with Crippen LogP contribution in [-0.2, 0) is 16.6 Å². The van der Waals surface area contributed by atoms with Crippen molar-refractivity contribution in [1.82, 2.24) is 8.87 Å². The summed E-state index contributed by atoms with van der Waals surface area (Å²) >= 11 is 6.29. The lowest BCUT2D eigenvalue weighted by atomic mass is 9.97. The SMILES string of the molecule is Cc1c(C2=CCN(S(=O)(=O)c3ccc(F)cc3F)CC2)c2ccccc2n1Cc1c(F)cccc1Cl. The molecule has 1 aliphatic rings. The van der Waals surface area contributed by atoms with Gasteiger partial charge in [-0.15, -0.1) is 0 Å². The summed E-state index contributed by atoms with van der Waals surface area (Å²) in [6, 6.07) is 14.8. The highest BCUT2D eigenvalue weighted by Crippen LogP contribution is 2.36. The van der Waals surface area contributed by atoms with Crippen molar-refractivity contribution in [3.63, 3.8) is 0 Å². The van der Waals surface area contributed by atoms with Crippen LogP contribution < -0.4 is 0 Å². The zero-order valence-electron chi connectivity index (χ0n) is 19.3. The molecule has 5 rings (SSSR count). The first kappa shape index (κ1) is 24.6. The topological polar surface area (TPSA) is 42.3 Å². The Hall–Kier alpha value is -3.07. The summed E-state index contributed by atoms with van der Waals surface area (Å²) in [5.74, 6) is -2.33. The number of halogens is 4. The quantitative estimate of drug-likeness (QED) is 0.294. The zero-order valence-corrected chi connectivity index (χ0v) is 20.9. The average molecular weight is 531 g/mol. The minimum absolute atomic E-state index is 0.0482. The molecule has 0 amide bonds. The molecule has 0 atom stereocenters. The summed E-state index contributed by atoms with van der Waals surface area (Å²) < 4.78 is 71.2. The number of para-hydroxylation sites is 1. The van der Waals surface area contributed by atoms with Crippen LogP contribution in [-0.4, -0.2) is 30.4 Å². The Kier molecular flexibility index (Phi) is 6.44. The van der Waals surface area contributed by atoms with Crippen molar-refractivity contribution in [2.45, 2.75) is 24.8 Å². The Morgan fingerprint density at radius 1 is 0.972 bits per heavy atom. The van der Waals surface area contributed by atoms with Crippen molar-refractivity contribution >= 4 is 38.1 Å². The van der Waals surface area contributed by atoms with Crippen LogP contribution in [0.3, 0.4) is 0 Å². The van der Waals surface area contributed by atoms with Crippen LogP contribution in [0.1, 0.15) is 23.2 Å². The third-order valence-electron chi connectivity index (χ3n) is 6.61. The van der Waals surface area contributed by atoms with Crippen LogP contribution in [0.4, 0.5) is 13.2 Å². The van der Waals surface area contributed by atoms with Crippen LogP contribution in [0.15, 0.2) is 71.6 Å². The van der Waals surface area contributed by atoms with E-state index in [2.05, 4.69) is 0 Å². The van der Waals surface area contributed by atoms with E-state index in [1.165, 1.54) is 10.4 Å². The Labute approximate surface area is 212 Å². The van der Waals surface area contributed by atoms with Crippen molar-refractivity contribution in [2.24, 2.45) is 0 Å². The van der Waals surface area contributed by atoms with Gasteiger partial charge in [0.25, 0.3) is 0 Å². The van der Waals surface area contributed by atoms with Gasteiger partial charge in [0.15, 0.2) is 0 Å². The Morgan fingerprint density at radius 2 is 1.75 bits per heavy atom. The maximum absolute atomic E-state index is 14.6. The van der Waals surface area contributed by atoms with Gasteiger partial charge < -0.3 is 4.57 Å². The lowest BCUT2D eigenvalue weighted by Crippen LogP contribution is -2.35. The fourth-order valence-corrected chi connectivity index (χ4v) is 6.45. The number of hydrogen-bond acceptors (Lipinski definition) is 2. The second-order valence-corrected chi connectivity index (χ2v) is 11.0. The van der Waals surface area contributed by atoms with Gasteiger partial charge in [-0.2, -0.15) is 4.31 Å². The van der Waals surface area contributed by atoms with E-state index in [0.717, 1.165) is 39.9 Å². The summed E-state index contributed by atoms with van der Waals surface area (Å²) in [5, 5.41) is 1.31. The number of nitrogens with zero attached hydrogens (tertiary/aromatic N) is 2. The Bertz CT molecular complexity index is 1610. The molecular formula is C27H22ClF3N2O2S. The predicted octanol–water partition coefficient (Wildman–Crippen LogP) is 6.55. The largest absolute Gasteiger partial charge is 0.340 e. The summed E-state index contributed by atoms with van der Waals surface area (Å²) in [4.78, 5) is -0.546. The summed E-state index contributed by atoms with van der Waals surface area (Å²) in [6.45, 7) is 2.38. The van der Waals surface area contributed by atoms with Gasteiger partial charge in [0.05, 0.1) is 6.54 Å². The van der Waals surface area contributed by atoms with E-state index in [1.54, 1.807) is 12.1 Å². The van der Waals surface area contributed by atoms with E-state index < -0.39 is 26.6 Å². The molecule has 1 aromatic heterocycles. The fraction of sp³-hybridized carbons (Fsp3) is 0.185. The summed E-state index contributed by atoms with van der Waals surface area (Å²) in [5.41, 5.74) is 4.12. The Morgan fingerprint density at radius 3 is 2.44 bits per heavy atom. The van der Waals surface area contributed by atoms with Gasteiger partial charge >= 0.3 is 0 Å². The van der Waals surface area contributed by atoms with Gasteiger partial charge in [0.2, 0.25) is 10.0 Å². The molecule has 186 valence electrons. The molecule has 3 aromatic carbocycles. The van der Waals surface area contributed by atoms with Crippen LogP contribution in [0.5, 0.6) is 0 Å². The van der Waals surface area contributed by atoms with Gasteiger partial charge in [-0.05, 0) is 49.2 Å². The predicted molar refractivity (Wildman–Crippen MR) is 135 cm³/mol. The van der Waals surface area contributed by atoms with Gasteiger partial charge in [0.1, 0.15) is 22.3 Å². The van der Waals surface area contributed by atoms with Crippen LogP contribution in [0, 0.1) is 24.4 Å². The molecule has 36 heavy (non-hydrogen) atoms. The molecule has 4 nitrogen and oxygen atoms in total. The van der Waals surface area contributed by atoms with E-state index in [-0.39, 0.29) is 25.5 Å². The van der Waals surface area contributed by atoms with E-state index in [4.69, 9.17) is 11.6 Å². The third-order valence-corrected chi connectivity index (χ3v) is 8.87. The molecule has 0 radical (unpaired) electrons. The second kappa shape index (κ2) is 9.42. The van der Waals surface area contributed by atoms with Crippen molar-refractivity contribution in [1.29, 1.82) is 0 Å². The summed E-state index contributed by atoms with van der Waals surface area (Å²) in [6.07, 6.45) is 2.22. The summed E-state index contributed by atoms with van der Waals surface area (Å²) in [7, 11) is -4.13. The molecule has 4 aromatic rings. The first-order chi connectivity index (χ1) is 17.2. The molecule has 0 unspecified atom stereocenters. The highest BCUT2D eigenvalue weighted by Gasteiger charge is 2.30. The van der Waals surface area contributed by atoms with Crippen LogP contribution in [0.25, 0.3) is 16.5 Å². The van der Waals surface area contributed by atoms with Crippen LogP contribution in [0.2, 0.25) is 5.02 Å². The molecule has 0 fully saturated rings.